The highest BCUT2D eigenvalue weighted by Crippen LogP contribution is 2.15. The summed E-state index contributed by atoms with van der Waals surface area (Å²) < 4.78 is 19.0. The standard InChI is InChI=1S/C17H18FNO2/c1-13-6-2-5-9-16(13)21-11-10-19-17(20)12-14-7-3-4-8-15(14)18/h2-9H,10-12H2,1H3,(H,19,20). The SMILES string of the molecule is Cc1ccccc1OCCNC(=O)Cc1ccccc1F. The number of carbonyl (C=O) groups excluding carboxylic acids is 1. The Morgan fingerprint density at radius 3 is 2.62 bits per heavy atom. The van der Waals surface area contributed by atoms with Gasteiger partial charge in [-0.15, -0.1) is 0 Å². The Bertz CT molecular complexity index is 613. The molecule has 2 aromatic carbocycles. The van der Waals surface area contributed by atoms with Crippen molar-refractivity contribution in [1.82, 2.24) is 5.32 Å². The first-order valence-electron chi connectivity index (χ1n) is 6.85. The van der Waals surface area contributed by atoms with Crippen molar-refractivity contribution in [1.29, 1.82) is 0 Å². The molecule has 0 aromatic heterocycles. The lowest BCUT2D eigenvalue weighted by atomic mass is 10.1. The molecule has 0 aliphatic carbocycles. The van der Waals surface area contributed by atoms with Gasteiger partial charge in [0.15, 0.2) is 0 Å². The van der Waals surface area contributed by atoms with Gasteiger partial charge in [-0.1, -0.05) is 36.4 Å². The zero-order chi connectivity index (χ0) is 15.1. The van der Waals surface area contributed by atoms with Gasteiger partial charge in [-0.3, -0.25) is 4.79 Å². The van der Waals surface area contributed by atoms with E-state index in [1.54, 1.807) is 18.2 Å². The number of benzene rings is 2. The summed E-state index contributed by atoms with van der Waals surface area (Å²) in [4.78, 5) is 11.7. The van der Waals surface area contributed by atoms with Crippen molar-refractivity contribution in [2.75, 3.05) is 13.2 Å². The summed E-state index contributed by atoms with van der Waals surface area (Å²) in [6.45, 7) is 2.74. The molecule has 4 heteroatoms. The Morgan fingerprint density at radius 1 is 1.14 bits per heavy atom. The molecule has 0 saturated carbocycles. The van der Waals surface area contributed by atoms with E-state index in [1.807, 2.05) is 31.2 Å². The molecule has 0 fully saturated rings. The average Bonchev–Trinajstić information content (AvgIpc) is 2.48. The van der Waals surface area contributed by atoms with Gasteiger partial charge in [-0.05, 0) is 30.2 Å². The minimum Gasteiger partial charge on any atom is -0.491 e. The predicted molar refractivity (Wildman–Crippen MR) is 79.8 cm³/mol. The number of para-hydroxylation sites is 1. The molecule has 0 spiro atoms. The molecular weight excluding hydrogens is 269 g/mol. The molecule has 0 saturated heterocycles. The molecule has 0 bridgehead atoms. The van der Waals surface area contributed by atoms with Gasteiger partial charge in [0.25, 0.3) is 0 Å². The highest BCUT2D eigenvalue weighted by atomic mass is 19.1. The smallest absolute Gasteiger partial charge is 0.224 e. The Balaban J connectivity index is 1.73. The molecule has 0 radical (unpaired) electrons. The molecule has 21 heavy (non-hydrogen) atoms. The van der Waals surface area contributed by atoms with E-state index >= 15 is 0 Å². The van der Waals surface area contributed by atoms with Gasteiger partial charge in [0.1, 0.15) is 18.2 Å². The summed E-state index contributed by atoms with van der Waals surface area (Å²) in [6.07, 6.45) is 0.0387. The van der Waals surface area contributed by atoms with E-state index in [-0.39, 0.29) is 18.1 Å². The van der Waals surface area contributed by atoms with Crippen LogP contribution in [-0.4, -0.2) is 19.1 Å². The van der Waals surface area contributed by atoms with Crippen LogP contribution in [0.3, 0.4) is 0 Å². The molecule has 0 unspecified atom stereocenters. The number of nitrogens with one attached hydrogen (secondary N) is 1. The lowest BCUT2D eigenvalue weighted by Crippen LogP contribution is -2.29. The van der Waals surface area contributed by atoms with Crippen molar-refractivity contribution >= 4 is 5.91 Å². The van der Waals surface area contributed by atoms with Crippen molar-refractivity contribution < 1.29 is 13.9 Å². The lowest BCUT2D eigenvalue weighted by molar-refractivity contribution is -0.120. The van der Waals surface area contributed by atoms with Gasteiger partial charge in [0.05, 0.1) is 13.0 Å². The number of hydrogen-bond acceptors (Lipinski definition) is 2. The van der Waals surface area contributed by atoms with E-state index in [0.717, 1.165) is 11.3 Å². The summed E-state index contributed by atoms with van der Waals surface area (Å²) in [6, 6.07) is 14.0. The van der Waals surface area contributed by atoms with E-state index in [4.69, 9.17) is 4.74 Å². The number of ether oxygens (including phenoxy) is 1. The van der Waals surface area contributed by atoms with Crippen LogP contribution in [0, 0.1) is 12.7 Å². The third kappa shape index (κ3) is 4.60. The fourth-order valence-corrected chi connectivity index (χ4v) is 1.95. The molecule has 1 amide bonds. The van der Waals surface area contributed by atoms with Gasteiger partial charge in [0.2, 0.25) is 5.91 Å². The van der Waals surface area contributed by atoms with Crippen molar-refractivity contribution in [3.8, 4) is 5.75 Å². The summed E-state index contributed by atoms with van der Waals surface area (Å²) in [5.41, 5.74) is 1.45. The summed E-state index contributed by atoms with van der Waals surface area (Å²) >= 11 is 0. The summed E-state index contributed by atoms with van der Waals surface area (Å²) in [5, 5.41) is 2.72. The first-order valence-corrected chi connectivity index (χ1v) is 6.85. The highest BCUT2D eigenvalue weighted by molar-refractivity contribution is 5.78. The maximum absolute atomic E-state index is 13.4. The predicted octanol–water partition coefficient (Wildman–Crippen LogP) is 2.87. The van der Waals surface area contributed by atoms with Crippen LogP contribution in [0.25, 0.3) is 0 Å². The third-order valence-electron chi connectivity index (χ3n) is 3.08. The zero-order valence-corrected chi connectivity index (χ0v) is 11.9. The highest BCUT2D eigenvalue weighted by Gasteiger charge is 2.07. The van der Waals surface area contributed by atoms with Crippen LogP contribution in [0.1, 0.15) is 11.1 Å². The topological polar surface area (TPSA) is 38.3 Å². The number of carbonyl (C=O) groups is 1. The van der Waals surface area contributed by atoms with Crippen molar-refractivity contribution in [2.45, 2.75) is 13.3 Å². The Labute approximate surface area is 123 Å². The van der Waals surface area contributed by atoms with Crippen molar-refractivity contribution in [2.24, 2.45) is 0 Å². The maximum atomic E-state index is 13.4. The van der Waals surface area contributed by atoms with Gasteiger partial charge in [-0.2, -0.15) is 0 Å². The quantitative estimate of drug-likeness (QED) is 0.830. The number of amides is 1. The van der Waals surface area contributed by atoms with Crippen LogP contribution >= 0.6 is 0 Å². The van der Waals surface area contributed by atoms with Crippen LogP contribution in [-0.2, 0) is 11.2 Å². The summed E-state index contributed by atoms with van der Waals surface area (Å²) in [7, 11) is 0. The van der Waals surface area contributed by atoms with Crippen molar-refractivity contribution in [3.63, 3.8) is 0 Å². The number of aryl methyl sites for hydroxylation is 1. The minimum atomic E-state index is -0.358. The number of halogens is 1. The van der Waals surface area contributed by atoms with Gasteiger partial charge < -0.3 is 10.1 Å². The number of rotatable bonds is 6. The second-order valence-corrected chi connectivity index (χ2v) is 4.73. The van der Waals surface area contributed by atoms with Crippen LogP contribution in [0.5, 0.6) is 5.75 Å². The van der Waals surface area contributed by atoms with Gasteiger partial charge >= 0.3 is 0 Å². The molecule has 0 aliphatic heterocycles. The summed E-state index contributed by atoms with van der Waals surface area (Å²) in [5.74, 6) is 0.234. The average molecular weight is 287 g/mol. The molecular formula is C17H18FNO2. The third-order valence-corrected chi connectivity index (χ3v) is 3.08. The molecule has 1 N–H and O–H groups in total. The largest absolute Gasteiger partial charge is 0.491 e. The first-order chi connectivity index (χ1) is 10.2. The van der Waals surface area contributed by atoms with Crippen LogP contribution in [0.2, 0.25) is 0 Å². The Kier molecular flexibility index (Phi) is 5.32. The molecule has 0 heterocycles. The van der Waals surface area contributed by atoms with Crippen LogP contribution in [0.4, 0.5) is 4.39 Å². The molecule has 3 nitrogen and oxygen atoms in total. The first kappa shape index (κ1) is 15.0. The second kappa shape index (κ2) is 7.43. The molecule has 2 aromatic rings. The van der Waals surface area contributed by atoms with E-state index in [2.05, 4.69) is 5.32 Å². The monoisotopic (exact) mass is 287 g/mol. The van der Waals surface area contributed by atoms with Crippen molar-refractivity contribution in [3.05, 3.63) is 65.5 Å². The Morgan fingerprint density at radius 2 is 1.86 bits per heavy atom. The molecule has 2 rings (SSSR count). The normalized spacial score (nSPS) is 10.2. The van der Waals surface area contributed by atoms with Gasteiger partial charge in [-0.25, -0.2) is 4.39 Å². The fraction of sp³-hybridized carbons (Fsp3) is 0.235. The van der Waals surface area contributed by atoms with E-state index < -0.39 is 0 Å². The second-order valence-electron chi connectivity index (χ2n) is 4.73. The molecule has 0 aliphatic rings. The fourth-order valence-electron chi connectivity index (χ4n) is 1.95. The van der Waals surface area contributed by atoms with E-state index in [9.17, 15) is 9.18 Å². The lowest BCUT2D eigenvalue weighted by Gasteiger charge is -2.10. The molecule has 110 valence electrons. The number of hydrogen-bond donors (Lipinski definition) is 1. The molecule has 0 atom stereocenters. The minimum absolute atomic E-state index is 0.0387. The Hall–Kier alpha value is -2.36. The van der Waals surface area contributed by atoms with Gasteiger partial charge in [0, 0.05) is 0 Å². The maximum Gasteiger partial charge on any atom is 0.224 e. The van der Waals surface area contributed by atoms with E-state index in [0.29, 0.717) is 18.7 Å². The van der Waals surface area contributed by atoms with Crippen LogP contribution < -0.4 is 10.1 Å². The van der Waals surface area contributed by atoms with Crippen LogP contribution in [0.15, 0.2) is 48.5 Å². The van der Waals surface area contributed by atoms with E-state index in [1.165, 1.54) is 6.07 Å². The zero-order valence-electron chi connectivity index (χ0n) is 11.9.